The van der Waals surface area contributed by atoms with E-state index < -0.39 is 0 Å². The molecule has 0 aromatic carbocycles. The summed E-state index contributed by atoms with van der Waals surface area (Å²) in [6, 6.07) is 5.60. The zero-order chi connectivity index (χ0) is 8.10. The third-order valence-corrected chi connectivity index (χ3v) is 1.21. The summed E-state index contributed by atoms with van der Waals surface area (Å²) in [7, 11) is 0. The second-order valence-corrected chi connectivity index (χ2v) is 2.03. The molecule has 0 saturated carbocycles. The van der Waals surface area contributed by atoms with Gasteiger partial charge in [-0.15, -0.1) is 0 Å². The molecule has 0 radical (unpaired) electrons. The van der Waals surface area contributed by atoms with Crippen LogP contribution in [0.5, 0.6) is 0 Å². The molecule has 0 saturated heterocycles. The molecule has 11 heavy (non-hydrogen) atoms. The van der Waals surface area contributed by atoms with E-state index >= 15 is 0 Å². The fraction of sp³-hybridized carbons (Fsp3) is 0.125. The summed E-state index contributed by atoms with van der Waals surface area (Å²) in [5.41, 5.74) is 1.28. The van der Waals surface area contributed by atoms with E-state index in [9.17, 15) is 0 Å². The predicted octanol–water partition coefficient (Wildman–Crippen LogP) is 1.02. The molecular weight excluding hydrogens is 138 g/mol. The Balaban J connectivity index is 2.96. The SMILES string of the molecule is N#CCc1cncc(C#N)c1. The van der Waals surface area contributed by atoms with Gasteiger partial charge in [-0.25, -0.2) is 0 Å². The second kappa shape index (κ2) is 3.34. The Kier molecular flexibility index (Phi) is 2.20. The van der Waals surface area contributed by atoms with Crippen molar-refractivity contribution in [3.8, 4) is 12.1 Å². The lowest BCUT2D eigenvalue weighted by Crippen LogP contribution is -1.85. The minimum Gasteiger partial charge on any atom is -0.263 e. The average molecular weight is 143 g/mol. The van der Waals surface area contributed by atoms with Crippen molar-refractivity contribution in [1.29, 1.82) is 10.5 Å². The maximum absolute atomic E-state index is 8.46. The van der Waals surface area contributed by atoms with Crippen LogP contribution in [-0.2, 0) is 6.42 Å². The number of nitrogens with zero attached hydrogens (tertiary/aromatic N) is 3. The Morgan fingerprint density at radius 2 is 2.18 bits per heavy atom. The highest BCUT2D eigenvalue weighted by atomic mass is 14.6. The van der Waals surface area contributed by atoms with Crippen molar-refractivity contribution < 1.29 is 0 Å². The van der Waals surface area contributed by atoms with Crippen LogP contribution in [0.1, 0.15) is 11.1 Å². The molecular formula is C8H5N3. The molecule has 3 heteroatoms. The second-order valence-electron chi connectivity index (χ2n) is 2.03. The van der Waals surface area contributed by atoms with Gasteiger partial charge in [-0.1, -0.05) is 0 Å². The summed E-state index contributed by atoms with van der Waals surface area (Å²) < 4.78 is 0. The average Bonchev–Trinajstić information content (AvgIpc) is 2.06. The third-order valence-electron chi connectivity index (χ3n) is 1.21. The molecule has 0 unspecified atom stereocenters. The minimum atomic E-state index is 0.308. The van der Waals surface area contributed by atoms with Crippen molar-refractivity contribution in [2.24, 2.45) is 0 Å². The van der Waals surface area contributed by atoms with Crippen LogP contribution in [0.4, 0.5) is 0 Å². The van der Waals surface area contributed by atoms with Crippen LogP contribution in [0.25, 0.3) is 0 Å². The number of rotatable bonds is 1. The first-order valence-electron chi connectivity index (χ1n) is 3.08. The highest BCUT2D eigenvalue weighted by molar-refractivity contribution is 5.29. The smallest absolute Gasteiger partial charge is 0.101 e. The molecule has 1 heterocycles. The Morgan fingerprint density at radius 3 is 2.82 bits per heavy atom. The van der Waals surface area contributed by atoms with Crippen LogP contribution < -0.4 is 0 Å². The summed E-state index contributed by atoms with van der Waals surface area (Å²) in [5.74, 6) is 0. The van der Waals surface area contributed by atoms with Crippen LogP contribution in [0.3, 0.4) is 0 Å². The molecule has 0 N–H and O–H groups in total. The van der Waals surface area contributed by atoms with Gasteiger partial charge in [0.15, 0.2) is 0 Å². The lowest BCUT2D eigenvalue weighted by atomic mass is 10.2. The van der Waals surface area contributed by atoms with Crippen molar-refractivity contribution in [2.45, 2.75) is 6.42 Å². The van der Waals surface area contributed by atoms with Crippen molar-refractivity contribution in [1.82, 2.24) is 4.98 Å². The summed E-state index contributed by atoms with van der Waals surface area (Å²) in [6.45, 7) is 0. The van der Waals surface area contributed by atoms with Gasteiger partial charge < -0.3 is 0 Å². The summed E-state index contributed by atoms with van der Waals surface area (Å²) in [6.07, 6.45) is 3.37. The maximum Gasteiger partial charge on any atom is 0.101 e. The van der Waals surface area contributed by atoms with Crippen LogP contribution in [0.15, 0.2) is 18.5 Å². The van der Waals surface area contributed by atoms with Gasteiger partial charge in [-0.2, -0.15) is 10.5 Å². The molecule has 0 bridgehead atoms. The summed E-state index contributed by atoms with van der Waals surface area (Å²) in [5, 5.41) is 16.8. The normalized spacial score (nSPS) is 8.18. The fourth-order valence-electron chi connectivity index (χ4n) is 0.737. The number of hydrogen-bond donors (Lipinski definition) is 0. The molecule has 1 rings (SSSR count). The van der Waals surface area contributed by atoms with E-state index in [4.69, 9.17) is 10.5 Å². The van der Waals surface area contributed by atoms with E-state index in [-0.39, 0.29) is 0 Å². The monoisotopic (exact) mass is 143 g/mol. The van der Waals surface area contributed by atoms with E-state index in [0.29, 0.717) is 12.0 Å². The van der Waals surface area contributed by atoms with Crippen LogP contribution in [0, 0.1) is 22.7 Å². The highest BCUT2D eigenvalue weighted by Gasteiger charge is 1.93. The summed E-state index contributed by atoms with van der Waals surface area (Å²) in [4.78, 5) is 3.80. The van der Waals surface area contributed by atoms with Crippen LogP contribution in [0.2, 0.25) is 0 Å². The quantitative estimate of drug-likeness (QED) is 0.589. The third kappa shape index (κ3) is 1.77. The molecule has 1 aromatic heterocycles. The lowest BCUT2D eigenvalue weighted by Gasteiger charge is -1.91. The Labute approximate surface area is 64.5 Å². The number of nitriles is 2. The number of pyridine rings is 1. The Bertz CT molecular complexity index is 330. The van der Waals surface area contributed by atoms with Gasteiger partial charge in [-0.3, -0.25) is 4.98 Å². The van der Waals surface area contributed by atoms with E-state index in [1.54, 1.807) is 12.3 Å². The first-order chi connectivity index (χ1) is 5.36. The zero-order valence-corrected chi connectivity index (χ0v) is 5.78. The highest BCUT2D eigenvalue weighted by Crippen LogP contribution is 2.00. The molecule has 0 atom stereocenters. The lowest BCUT2D eigenvalue weighted by molar-refractivity contribution is 1.18. The van der Waals surface area contributed by atoms with Crippen molar-refractivity contribution in [3.05, 3.63) is 29.6 Å². The summed E-state index contributed by atoms with van der Waals surface area (Å²) >= 11 is 0. The van der Waals surface area contributed by atoms with Gasteiger partial charge in [-0.05, 0) is 11.6 Å². The fourth-order valence-corrected chi connectivity index (χ4v) is 0.737. The molecule has 0 aliphatic heterocycles. The van der Waals surface area contributed by atoms with Gasteiger partial charge in [0.2, 0.25) is 0 Å². The first-order valence-corrected chi connectivity index (χ1v) is 3.08. The molecule has 0 spiro atoms. The zero-order valence-electron chi connectivity index (χ0n) is 5.78. The molecule has 0 aliphatic rings. The van der Waals surface area contributed by atoms with Crippen molar-refractivity contribution in [2.75, 3.05) is 0 Å². The van der Waals surface area contributed by atoms with Crippen molar-refractivity contribution >= 4 is 0 Å². The number of aromatic nitrogens is 1. The van der Waals surface area contributed by atoms with E-state index in [1.807, 2.05) is 12.1 Å². The molecule has 1 aromatic rings. The molecule has 0 aliphatic carbocycles. The van der Waals surface area contributed by atoms with E-state index in [1.165, 1.54) is 6.20 Å². The van der Waals surface area contributed by atoms with Gasteiger partial charge in [0, 0.05) is 12.4 Å². The van der Waals surface area contributed by atoms with Gasteiger partial charge in [0.1, 0.15) is 6.07 Å². The van der Waals surface area contributed by atoms with E-state index in [0.717, 1.165) is 5.56 Å². The molecule has 0 amide bonds. The molecule has 0 fully saturated rings. The number of hydrogen-bond acceptors (Lipinski definition) is 3. The molecule has 3 nitrogen and oxygen atoms in total. The Hall–Kier alpha value is -1.87. The first kappa shape index (κ1) is 7.24. The largest absolute Gasteiger partial charge is 0.263 e. The Morgan fingerprint density at radius 1 is 1.36 bits per heavy atom. The van der Waals surface area contributed by atoms with Gasteiger partial charge >= 0.3 is 0 Å². The standard InChI is InChI=1S/C8H5N3/c9-2-1-7-3-8(4-10)6-11-5-7/h3,5-6H,1H2. The van der Waals surface area contributed by atoms with Crippen molar-refractivity contribution in [3.63, 3.8) is 0 Å². The topological polar surface area (TPSA) is 60.5 Å². The maximum atomic E-state index is 8.46. The predicted molar refractivity (Wildman–Crippen MR) is 38.3 cm³/mol. The minimum absolute atomic E-state index is 0.308. The molecule has 52 valence electrons. The van der Waals surface area contributed by atoms with Gasteiger partial charge in [0.05, 0.1) is 18.1 Å². The van der Waals surface area contributed by atoms with Crippen LogP contribution in [-0.4, -0.2) is 4.98 Å². The van der Waals surface area contributed by atoms with Crippen LogP contribution >= 0.6 is 0 Å². The van der Waals surface area contributed by atoms with Gasteiger partial charge in [0.25, 0.3) is 0 Å². The van der Waals surface area contributed by atoms with E-state index in [2.05, 4.69) is 4.98 Å².